The molecule has 0 N–H and O–H groups in total. The van der Waals surface area contributed by atoms with E-state index in [0.29, 0.717) is 0 Å². The Balaban J connectivity index is 0.000000249. The van der Waals surface area contributed by atoms with Gasteiger partial charge in [-0.15, -0.1) is 0 Å². The second-order valence-corrected chi connectivity index (χ2v) is 3.23. The summed E-state index contributed by atoms with van der Waals surface area (Å²) in [6, 6.07) is 37.5. The van der Waals surface area contributed by atoms with Crippen molar-refractivity contribution in [2.45, 2.75) is 0 Å². The molecule has 0 unspecified atom stereocenters. The van der Waals surface area contributed by atoms with E-state index in [0.717, 1.165) is 0 Å². The first kappa shape index (κ1) is 17.2. The quantitative estimate of drug-likeness (QED) is 0.536. The summed E-state index contributed by atoms with van der Waals surface area (Å²) in [6.07, 6.45) is 0. The fraction of sp³-hybridized carbons (Fsp3) is 0. The van der Waals surface area contributed by atoms with Crippen LogP contribution in [-0.2, 0) is 16.8 Å². The summed E-state index contributed by atoms with van der Waals surface area (Å²) in [6.45, 7) is 0. The van der Waals surface area contributed by atoms with E-state index in [2.05, 4.69) is 18.2 Å². The van der Waals surface area contributed by atoms with E-state index >= 15 is 0 Å². The van der Waals surface area contributed by atoms with Crippen LogP contribution in [-0.4, -0.2) is 0 Å². The molecule has 0 aliphatic heterocycles. The van der Waals surface area contributed by atoms with Gasteiger partial charge in [0.2, 0.25) is 0 Å². The van der Waals surface area contributed by atoms with Gasteiger partial charge in [-0.2, -0.15) is 109 Å². The van der Waals surface area contributed by atoms with Gasteiger partial charge in [0.25, 0.3) is 0 Å². The zero-order valence-corrected chi connectivity index (χ0v) is 11.5. The van der Waals surface area contributed by atoms with Crippen LogP contribution in [0.25, 0.3) is 0 Å². The monoisotopic (exact) mass is 290 g/mol. The van der Waals surface area contributed by atoms with Gasteiger partial charge in [-0.3, -0.25) is 0 Å². The molecule has 0 amide bonds. The summed E-state index contributed by atoms with van der Waals surface area (Å²) in [4.78, 5) is 0. The van der Waals surface area contributed by atoms with Crippen molar-refractivity contribution in [3.05, 3.63) is 109 Å². The van der Waals surface area contributed by atoms with Gasteiger partial charge in [0.1, 0.15) is 0 Å². The zero-order valence-electron chi connectivity index (χ0n) is 10.5. The van der Waals surface area contributed by atoms with E-state index in [1.54, 1.807) is 0 Å². The Morgan fingerprint density at radius 1 is 0.316 bits per heavy atom. The molecular weight excluding hydrogens is 275 g/mol. The standard InChI is InChI=1S/3C6H5.Co/c3*1-2-4-6-5-3-1;/h3*1-5H;/q3*-1;+3. The Bertz CT molecular complexity index is 296. The molecule has 3 rings (SSSR count). The Morgan fingerprint density at radius 2 is 0.526 bits per heavy atom. The summed E-state index contributed by atoms with van der Waals surface area (Å²) in [5.41, 5.74) is 0. The van der Waals surface area contributed by atoms with Crippen molar-refractivity contribution in [1.82, 2.24) is 0 Å². The Kier molecular flexibility index (Phi) is 12.9. The predicted octanol–water partition coefficient (Wildman–Crippen LogP) is 4.46. The number of hydrogen-bond donors (Lipinski definition) is 0. The van der Waals surface area contributed by atoms with Gasteiger partial charge in [-0.05, 0) is 0 Å². The van der Waals surface area contributed by atoms with Crippen molar-refractivity contribution in [3.63, 3.8) is 0 Å². The number of hydrogen-bond acceptors (Lipinski definition) is 0. The molecule has 0 bridgehead atoms. The van der Waals surface area contributed by atoms with E-state index in [-0.39, 0.29) is 16.8 Å². The van der Waals surface area contributed by atoms with E-state index in [1.165, 1.54) is 0 Å². The molecule has 19 heavy (non-hydrogen) atoms. The molecule has 0 radical (unpaired) electrons. The van der Waals surface area contributed by atoms with Crippen molar-refractivity contribution in [1.29, 1.82) is 0 Å². The molecule has 0 heterocycles. The van der Waals surface area contributed by atoms with Gasteiger partial charge in [-0.1, -0.05) is 0 Å². The average Bonchev–Trinajstić information content (AvgIpc) is 2.54. The summed E-state index contributed by atoms with van der Waals surface area (Å²) < 4.78 is 0. The smallest absolute Gasteiger partial charge is 0.184 e. The first-order valence-electron chi connectivity index (χ1n) is 5.73. The van der Waals surface area contributed by atoms with Gasteiger partial charge in [-0.25, -0.2) is 0 Å². The molecule has 0 aromatic heterocycles. The molecule has 0 saturated carbocycles. The van der Waals surface area contributed by atoms with Crippen LogP contribution in [0.3, 0.4) is 0 Å². The molecule has 1 heteroatoms. The maximum absolute atomic E-state index is 2.89. The van der Waals surface area contributed by atoms with Crippen LogP contribution in [0, 0.1) is 18.2 Å². The third kappa shape index (κ3) is 12.4. The molecule has 0 aliphatic carbocycles. The molecule has 3 aromatic rings. The van der Waals surface area contributed by atoms with Gasteiger partial charge in [0, 0.05) is 0 Å². The minimum absolute atomic E-state index is 0. The first-order chi connectivity index (χ1) is 9.00. The Morgan fingerprint density at radius 3 is 0.579 bits per heavy atom. The average molecular weight is 290 g/mol. The maximum atomic E-state index is 2.89. The fourth-order valence-electron chi connectivity index (χ4n) is 1.03. The first-order valence-corrected chi connectivity index (χ1v) is 5.73. The van der Waals surface area contributed by atoms with Crippen LogP contribution >= 0.6 is 0 Å². The number of benzene rings is 3. The van der Waals surface area contributed by atoms with Crippen LogP contribution in [0.4, 0.5) is 0 Å². The van der Waals surface area contributed by atoms with Crippen molar-refractivity contribution in [2.24, 2.45) is 0 Å². The van der Waals surface area contributed by atoms with Crippen molar-refractivity contribution >= 4 is 0 Å². The van der Waals surface area contributed by atoms with E-state index in [9.17, 15) is 0 Å². The predicted molar refractivity (Wildman–Crippen MR) is 75.8 cm³/mol. The molecule has 96 valence electrons. The van der Waals surface area contributed by atoms with Gasteiger partial charge < -0.3 is 0 Å². The Labute approximate surface area is 126 Å². The zero-order chi connectivity index (χ0) is 12.7. The van der Waals surface area contributed by atoms with Crippen molar-refractivity contribution in [2.75, 3.05) is 0 Å². The molecule has 0 atom stereocenters. The number of rotatable bonds is 0. The minimum atomic E-state index is 0. The molecular formula is C18H15Co. The van der Waals surface area contributed by atoms with Crippen LogP contribution in [0.5, 0.6) is 0 Å². The second kappa shape index (κ2) is 14.2. The molecule has 0 spiro atoms. The van der Waals surface area contributed by atoms with Crippen LogP contribution in [0.2, 0.25) is 0 Å². The van der Waals surface area contributed by atoms with Crippen LogP contribution < -0.4 is 0 Å². The maximum Gasteiger partial charge on any atom is 3.00 e. The molecule has 3 aromatic carbocycles. The van der Waals surface area contributed by atoms with Gasteiger partial charge >= 0.3 is 16.8 Å². The van der Waals surface area contributed by atoms with E-state index in [4.69, 9.17) is 0 Å². The summed E-state index contributed by atoms with van der Waals surface area (Å²) in [5.74, 6) is 0. The van der Waals surface area contributed by atoms with Crippen LogP contribution in [0.1, 0.15) is 0 Å². The van der Waals surface area contributed by atoms with Gasteiger partial charge in [0.05, 0.1) is 0 Å². The van der Waals surface area contributed by atoms with Gasteiger partial charge in [0.15, 0.2) is 0 Å². The molecule has 0 nitrogen and oxygen atoms in total. The molecule has 0 aliphatic rings. The summed E-state index contributed by atoms with van der Waals surface area (Å²) >= 11 is 0. The third-order valence-corrected chi connectivity index (χ3v) is 1.82. The van der Waals surface area contributed by atoms with Crippen molar-refractivity contribution < 1.29 is 16.8 Å². The normalized spacial score (nSPS) is 7.58. The molecule has 0 saturated heterocycles. The second-order valence-electron chi connectivity index (χ2n) is 3.23. The summed E-state index contributed by atoms with van der Waals surface area (Å²) in [5, 5.41) is 0. The fourth-order valence-corrected chi connectivity index (χ4v) is 1.03. The third-order valence-electron chi connectivity index (χ3n) is 1.82. The minimum Gasteiger partial charge on any atom is -0.184 e. The molecule has 0 fully saturated rings. The van der Waals surface area contributed by atoms with Crippen LogP contribution in [0.15, 0.2) is 91.0 Å². The summed E-state index contributed by atoms with van der Waals surface area (Å²) in [7, 11) is 0. The van der Waals surface area contributed by atoms with E-state index < -0.39 is 0 Å². The largest absolute Gasteiger partial charge is 3.00 e. The topological polar surface area (TPSA) is 0 Å². The van der Waals surface area contributed by atoms with E-state index in [1.807, 2.05) is 91.0 Å². The SMILES string of the molecule is [Co+3].[c-]1ccccc1.[c-]1ccccc1.[c-]1ccccc1. The van der Waals surface area contributed by atoms with Crippen molar-refractivity contribution in [3.8, 4) is 0 Å². The Hall–Kier alpha value is -1.83.